The Labute approximate surface area is 124 Å². The Morgan fingerprint density at radius 2 is 2.20 bits per heavy atom. The van der Waals surface area contributed by atoms with Crippen LogP contribution in [0.15, 0.2) is 35.7 Å². The van der Waals surface area contributed by atoms with Gasteiger partial charge in [-0.15, -0.1) is 11.3 Å². The molecule has 0 saturated carbocycles. The maximum atomic E-state index is 12.1. The van der Waals surface area contributed by atoms with Gasteiger partial charge in [0.25, 0.3) is 11.6 Å². The van der Waals surface area contributed by atoms with Crippen molar-refractivity contribution in [1.29, 1.82) is 0 Å². The quantitative estimate of drug-likeness (QED) is 0.689. The van der Waals surface area contributed by atoms with E-state index in [1.807, 2.05) is 24.4 Å². The fourth-order valence-corrected chi connectivity index (χ4v) is 2.60. The van der Waals surface area contributed by atoms with Crippen molar-refractivity contribution in [3.63, 3.8) is 0 Å². The molecular formula is C13H11ClN2O3S. The van der Waals surface area contributed by atoms with Crippen LogP contribution in [0.3, 0.4) is 0 Å². The molecule has 0 aliphatic heterocycles. The number of carbonyl (C=O) groups is 1. The number of thiophene rings is 1. The van der Waals surface area contributed by atoms with Gasteiger partial charge in [0.15, 0.2) is 0 Å². The zero-order chi connectivity index (χ0) is 14.7. The fraction of sp³-hybridized carbons (Fsp3) is 0.154. The third kappa shape index (κ3) is 3.15. The van der Waals surface area contributed by atoms with Gasteiger partial charge in [0.2, 0.25) is 0 Å². The molecule has 2 rings (SSSR count). The predicted molar refractivity (Wildman–Crippen MR) is 78.3 cm³/mol. The molecular weight excluding hydrogens is 300 g/mol. The first-order valence-electron chi connectivity index (χ1n) is 5.77. The number of nitro benzene ring substituents is 1. The Hall–Kier alpha value is -1.92. The standard InChI is InChI=1S/C13H11ClN2O3S/c1-8(12-3-2-6-20-12)15-13(17)9-4-5-10(14)11(7-9)16(18)19/h2-8H,1H3,(H,15,17)/t8-/m0/s1. The third-order valence-corrected chi connectivity index (χ3v) is 4.10. The molecule has 0 aliphatic rings. The van der Waals surface area contributed by atoms with Crippen LogP contribution in [-0.2, 0) is 0 Å². The van der Waals surface area contributed by atoms with E-state index in [1.54, 1.807) is 0 Å². The summed E-state index contributed by atoms with van der Waals surface area (Å²) in [6.45, 7) is 1.86. The second kappa shape index (κ2) is 6.02. The van der Waals surface area contributed by atoms with Crippen molar-refractivity contribution < 1.29 is 9.72 Å². The molecule has 0 fully saturated rings. The first-order chi connectivity index (χ1) is 9.49. The smallest absolute Gasteiger partial charge is 0.288 e. The molecule has 104 valence electrons. The van der Waals surface area contributed by atoms with E-state index < -0.39 is 4.92 Å². The Kier molecular flexibility index (Phi) is 4.36. The lowest BCUT2D eigenvalue weighted by Gasteiger charge is -2.12. The lowest BCUT2D eigenvalue weighted by molar-refractivity contribution is -0.384. The predicted octanol–water partition coefficient (Wildman–Crippen LogP) is 3.80. The highest BCUT2D eigenvalue weighted by atomic mass is 35.5. The van der Waals surface area contributed by atoms with Gasteiger partial charge in [-0.25, -0.2) is 0 Å². The lowest BCUT2D eigenvalue weighted by Crippen LogP contribution is -2.26. The first kappa shape index (κ1) is 14.5. The molecule has 1 atom stereocenters. The van der Waals surface area contributed by atoms with E-state index in [0.29, 0.717) is 0 Å². The number of nitro groups is 1. The maximum absolute atomic E-state index is 12.1. The van der Waals surface area contributed by atoms with Crippen molar-refractivity contribution in [2.45, 2.75) is 13.0 Å². The lowest BCUT2D eigenvalue weighted by atomic mass is 10.1. The number of nitrogens with one attached hydrogen (secondary N) is 1. The molecule has 1 aromatic heterocycles. The number of amides is 1. The number of benzene rings is 1. The number of hydrogen-bond donors (Lipinski definition) is 1. The minimum atomic E-state index is -0.609. The van der Waals surface area contributed by atoms with Crippen LogP contribution in [0, 0.1) is 10.1 Å². The molecule has 0 spiro atoms. The first-order valence-corrected chi connectivity index (χ1v) is 7.03. The van der Waals surface area contributed by atoms with Gasteiger partial charge in [-0.1, -0.05) is 17.7 Å². The molecule has 0 aliphatic carbocycles. The number of rotatable bonds is 4. The number of carbonyl (C=O) groups excluding carboxylic acids is 1. The Bertz CT molecular complexity index is 643. The van der Waals surface area contributed by atoms with Crippen molar-refractivity contribution in [3.05, 3.63) is 61.3 Å². The summed E-state index contributed by atoms with van der Waals surface area (Å²) in [5.41, 5.74) is -0.0624. The van der Waals surface area contributed by atoms with Crippen LogP contribution in [0.2, 0.25) is 5.02 Å². The molecule has 20 heavy (non-hydrogen) atoms. The summed E-state index contributed by atoms with van der Waals surface area (Å²) in [7, 11) is 0. The van der Waals surface area contributed by atoms with Crippen molar-refractivity contribution in [3.8, 4) is 0 Å². The number of halogens is 1. The van der Waals surface area contributed by atoms with E-state index in [1.165, 1.54) is 29.5 Å². The summed E-state index contributed by atoms with van der Waals surface area (Å²) in [6.07, 6.45) is 0. The van der Waals surface area contributed by atoms with E-state index in [4.69, 9.17) is 11.6 Å². The zero-order valence-electron chi connectivity index (χ0n) is 10.5. The van der Waals surface area contributed by atoms with Gasteiger partial charge >= 0.3 is 0 Å². The highest BCUT2D eigenvalue weighted by Gasteiger charge is 2.18. The van der Waals surface area contributed by atoms with Crippen molar-refractivity contribution in [2.24, 2.45) is 0 Å². The third-order valence-electron chi connectivity index (χ3n) is 2.72. The largest absolute Gasteiger partial charge is 0.345 e. The van der Waals surface area contributed by atoms with Gasteiger partial charge in [-0.2, -0.15) is 0 Å². The molecule has 0 unspecified atom stereocenters. The monoisotopic (exact) mass is 310 g/mol. The Morgan fingerprint density at radius 3 is 2.80 bits per heavy atom. The van der Waals surface area contributed by atoms with Crippen LogP contribution in [0.5, 0.6) is 0 Å². The second-order valence-corrected chi connectivity index (χ2v) is 5.52. The second-order valence-electron chi connectivity index (χ2n) is 4.13. The van der Waals surface area contributed by atoms with Crippen molar-refractivity contribution in [2.75, 3.05) is 0 Å². The molecule has 0 radical (unpaired) electrons. The van der Waals surface area contributed by atoms with Crippen molar-refractivity contribution >= 4 is 34.5 Å². The Morgan fingerprint density at radius 1 is 1.45 bits per heavy atom. The number of hydrogen-bond acceptors (Lipinski definition) is 4. The molecule has 2 aromatic rings. The summed E-state index contributed by atoms with van der Waals surface area (Å²) >= 11 is 7.25. The van der Waals surface area contributed by atoms with Crippen LogP contribution >= 0.6 is 22.9 Å². The van der Waals surface area contributed by atoms with E-state index in [9.17, 15) is 14.9 Å². The molecule has 7 heteroatoms. The van der Waals surface area contributed by atoms with E-state index in [0.717, 1.165) is 4.88 Å². The van der Waals surface area contributed by atoms with Gasteiger partial charge < -0.3 is 5.32 Å². The van der Waals surface area contributed by atoms with Gasteiger partial charge in [-0.05, 0) is 30.5 Å². The topological polar surface area (TPSA) is 72.2 Å². The fourth-order valence-electron chi connectivity index (χ4n) is 1.68. The normalized spacial score (nSPS) is 11.9. The number of nitrogens with zero attached hydrogens (tertiary/aromatic N) is 1. The van der Waals surface area contributed by atoms with E-state index >= 15 is 0 Å². The van der Waals surface area contributed by atoms with Crippen LogP contribution in [0.1, 0.15) is 28.2 Å². The highest BCUT2D eigenvalue weighted by molar-refractivity contribution is 7.10. The van der Waals surface area contributed by atoms with E-state index in [2.05, 4.69) is 5.32 Å². The van der Waals surface area contributed by atoms with Crippen LogP contribution in [-0.4, -0.2) is 10.8 Å². The average Bonchev–Trinajstić information content (AvgIpc) is 2.92. The van der Waals surface area contributed by atoms with Crippen molar-refractivity contribution in [1.82, 2.24) is 5.32 Å². The summed E-state index contributed by atoms with van der Waals surface area (Å²) in [6, 6.07) is 7.65. The van der Waals surface area contributed by atoms with Crippen LogP contribution in [0.4, 0.5) is 5.69 Å². The molecule has 5 nitrogen and oxygen atoms in total. The SMILES string of the molecule is C[C@H](NC(=O)c1ccc(Cl)c([N+](=O)[O-])c1)c1cccs1. The van der Waals surface area contributed by atoms with Gasteiger partial charge in [-0.3, -0.25) is 14.9 Å². The van der Waals surface area contributed by atoms with Crippen LogP contribution < -0.4 is 5.32 Å². The molecule has 1 aromatic carbocycles. The van der Waals surface area contributed by atoms with E-state index in [-0.39, 0.29) is 28.2 Å². The minimum absolute atomic E-state index is 0.0119. The zero-order valence-corrected chi connectivity index (χ0v) is 12.1. The average molecular weight is 311 g/mol. The summed E-state index contributed by atoms with van der Waals surface area (Å²) < 4.78 is 0. The summed E-state index contributed by atoms with van der Waals surface area (Å²) in [5.74, 6) is -0.370. The molecule has 1 amide bonds. The summed E-state index contributed by atoms with van der Waals surface area (Å²) in [5, 5.41) is 15.5. The minimum Gasteiger partial charge on any atom is -0.345 e. The molecule has 1 N–H and O–H groups in total. The highest BCUT2D eigenvalue weighted by Crippen LogP contribution is 2.25. The van der Waals surface area contributed by atoms with Gasteiger partial charge in [0, 0.05) is 16.5 Å². The van der Waals surface area contributed by atoms with Crippen LogP contribution in [0.25, 0.3) is 0 Å². The molecule has 1 heterocycles. The van der Waals surface area contributed by atoms with Gasteiger partial charge in [0.1, 0.15) is 5.02 Å². The Balaban J connectivity index is 2.17. The van der Waals surface area contributed by atoms with Gasteiger partial charge in [0.05, 0.1) is 11.0 Å². The molecule has 0 bridgehead atoms. The molecule has 0 saturated heterocycles. The summed E-state index contributed by atoms with van der Waals surface area (Å²) in [4.78, 5) is 23.3. The maximum Gasteiger partial charge on any atom is 0.288 e.